The highest BCUT2D eigenvalue weighted by Gasteiger charge is 2.31. The van der Waals surface area contributed by atoms with E-state index in [0.29, 0.717) is 5.92 Å². The van der Waals surface area contributed by atoms with Crippen LogP contribution in [0.4, 0.5) is 11.8 Å². The summed E-state index contributed by atoms with van der Waals surface area (Å²) < 4.78 is 5.43. The Labute approximate surface area is 154 Å². The number of rotatable bonds is 4. The predicted molar refractivity (Wildman–Crippen MR) is 102 cm³/mol. The zero-order chi connectivity index (χ0) is 17.8. The van der Waals surface area contributed by atoms with Crippen molar-refractivity contribution in [3.8, 4) is 0 Å². The number of aliphatic hydroxyl groups is 1. The molecule has 1 aromatic carbocycles. The maximum absolute atomic E-state index is 9.96. The molecule has 2 aliphatic heterocycles. The fourth-order valence-electron chi connectivity index (χ4n) is 4.00. The predicted octanol–water partition coefficient (Wildman–Crippen LogP) is 1.92. The topological polar surface area (TPSA) is 61.7 Å². The number of aromatic nitrogens is 2. The van der Waals surface area contributed by atoms with Gasteiger partial charge in [-0.05, 0) is 24.0 Å². The second-order valence-corrected chi connectivity index (χ2v) is 7.01. The maximum Gasteiger partial charge on any atom is 0.227 e. The van der Waals surface area contributed by atoms with Gasteiger partial charge in [0.15, 0.2) is 0 Å². The van der Waals surface area contributed by atoms with Gasteiger partial charge in [-0.2, -0.15) is 4.98 Å². The second-order valence-electron chi connectivity index (χ2n) is 7.01. The average Bonchev–Trinajstić information content (AvgIpc) is 2.74. The lowest BCUT2D eigenvalue weighted by atomic mass is 9.81. The van der Waals surface area contributed by atoms with E-state index in [0.717, 1.165) is 57.6 Å². The molecule has 0 unspecified atom stereocenters. The summed E-state index contributed by atoms with van der Waals surface area (Å²) in [5, 5.41) is 9.96. The molecule has 26 heavy (non-hydrogen) atoms. The van der Waals surface area contributed by atoms with E-state index in [-0.39, 0.29) is 12.5 Å². The summed E-state index contributed by atoms with van der Waals surface area (Å²) in [6.45, 7) is 5.09. The fourth-order valence-corrected chi connectivity index (χ4v) is 4.00. The van der Waals surface area contributed by atoms with Crippen LogP contribution in [0.15, 0.2) is 42.6 Å². The van der Waals surface area contributed by atoms with Gasteiger partial charge in [0.1, 0.15) is 5.82 Å². The summed E-state index contributed by atoms with van der Waals surface area (Å²) in [7, 11) is 0. The van der Waals surface area contributed by atoms with E-state index in [2.05, 4.69) is 39.0 Å². The van der Waals surface area contributed by atoms with Crippen molar-refractivity contribution in [1.82, 2.24) is 9.97 Å². The molecule has 0 aliphatic carbocycles. The van der Waals surface area contributed by atoms with E-state index < -0.39 is 0 Å². The first-order chi connectivity index (χ1) is 12.8. The number of hydrogen-bond acceptors (Lipinski definition) is 6. The molecule has 138 valence electrons. The van der Waals surface area contributed by atoms with Crippen LogP contribution in [0.5, 0.6) is 0 Å². The Balaban J connectivity index is 1.49. The van der Waals surface area contributed by atoms with Crippen LogP contribution in [0.25, 0.3) is 0 Å². The molecule has 3 heterocycles. The zero-order valence-electron chi connectivity index (χ0n) is 15.0. The number of piperidine rings is 1. The molecule has 2 aromatic rings. The van der Waals surface area contributed by atoms with Crippen LogP contribution in [0, 0.1) is 5.92 Å². The van der Waals surface area contributed by atoms with Crippen LogP contribution < -0.4 is 9.80 Å². The Morgan fingerprint density at radius 3 is 2.62 bits per heavy atom. The number of morpholine rings is 1. The number of hydrogen-bond donors (Lipinski definition) is 1. The molecule has 2 atom stereocenters. The standard InChI is InChI=1S/C20H26N4O2/c25-15-17-14-24(9-7-18(17)16-4-2-1-3-5-16)20-21-8-6-19(22-20)23-10-12-26-13-11-23/h1-6,8,17-18,25H,7,9-15H2/t17-,18+/m1/s1. The Morgan fingerprint density at radius 2 is 1.85 bits per heavy atom. The molecule has 0 bridgehead atoms. The molecule has 0 spiro atoms. The fraction of sp³-hybridized carbons (Fsp3) is 0.500. The van der Waals surface area contributed by atoms with Crippen LogP contribution in [0.1, 0.15) is 17.9 Å². The van der Waals surface area contributed by atoms with Gasteiger partial charge in [0.25, 0.3) is 0 Å². The highest BCUT2D eigenvalue weighted by atomic mass is 16.5. The van der Waals surface area contributed by atoms with E-state index >= 15 is 0 Å². The van der Waals surface area contributed by atoms with Crippen LogP contribution >= 0.6 is 0 Å². The zero-order valence-corrected chi connectivity index (χ0v) is 15.0. The number of benzene rings is 1. The Morgan fingerprint density at radius 1 is 1.04 bits per heavy atom. The van der Waals surface area contributed by atoms with Gasteiger partial charge in [-0.15, -0.1) is 0 Å². The molecule has 6 nitrogen and oxygen atoms in total. The summed E-state index contributed by atoms with van der Waals surface area (Å²) in [5.41, 5.74) is 1.31. The minimum absolute atomic E-state index is 0.180. The van der Waals surface area contributed by atoms with Gasteiger partial charge in [0, 0.05) is 44.9 Å². The van der Waals surface area contributed by atoms with Crippen molar-refractivity contribution in [2.24, 2.45) is 5.92 Å². The molecule has 0 saturated carbocycles. The minimum Gasteiger partial charge on any atom is -0.396 e. The molecule has 6 heteroatoms. The van der Waals surface area contributed by atoms with Crippen LogP contribution in [0.2, 0.25) is 0 Å². The summed E-state index contributed by atoms with van der Waals surface area (Å²) >= 11 is 0. The first-order valence-corrected chi connectivity index (χ1v) is 9.41. The van der Waals surface area contributed by atoms with E-state index in [1.807, 2.05) is 18.3 Å². The summed E-state index contributed by atoms with van der Waals surface area (Å²) in [6, 6.07) is 12.5. The molecule has 1 N–H and O–H groups in total. The summed E-state index contributed by atoms with van der Waals surface area (Å²) in [6.07, 6.45) is 2.84. The lowest BCUT2D eigenvalue weighted by molar-refractivity contribution is 0.122. The summed E-state index contributed by atoms with van der Waals surface area (Å²) in [5.74, 6) is 2.31. The molecular weight excluding hydrogens is 328 g/mol. The monoisotopic (exact) mass is 354 g/mol. The Bertz CT molecular complexity index is 706. The SMILES string of the molecule is OC[C@H]1CN(c2nccc(N3CCOCC3)n2)CC[C@H]1c1ccccc1. The van der Waals surface area contributed by atoms with Crippen LogP contribution in [0.3, 0.4) is 0 Å². The molecule has 4 rings (SSSR count). The van der Waals surface area contributed by atoms with Crippen molar-refractivity contribution in [2.75, 3.05) is 55.8 Å². The first-order valence-electron chi connectivity index (χ1n) is 9.41. The Kier molecular flexibility index (Phi) is 5.32. The van der Waals surface area contributed by atoms with Crippen LogP contribution in [-0.2, 0) is 4.74 Å². The Hall–Kier alpha value is -2.18. The van der Waals surface area contributed by atoms with Crippen LogP contribution in [-0.4, -0.2) is 61.1 Å². The molecule has 2 aliphatic rings. The molecule has 1 aromatic heterocycles. The molecule has 2 fully saturated rings. The molecule has 0 amide bonds. The minimum atomic E-state index is 0.180. The van der Waals surface area contributed by atoms with E-state index in [4.69, 9.17) is 9.72 Å². The highest BCUT2D eigenvalue weighted by molar-refractivity contribution is 5.44. The van der Waals surface area contributed by atoms with Gasteiger partial charge in [0.05, 0.1) is 13.2 Å². The smallest absolute Gasteiger partial charge is 0.227 e. The quantitative estimate of drug-likeness (QED) is 0.905. The van der Waals surface area contributed by atoms with Crippen molar-refractivity contribution in [2.45, 2.75) is 12.3 Å². The van der Waals surface area contributed by atoms with Gasteiger partial charge in [0.2, 0.25) is 5.95 Å². The van der Waals surface area contributed by atoms with E-state index in [9.17, 15) is 5.11 Å². The van der Waals surface area contributed by atoms with Gasteiger partial charge in [-0.1, -0.05) is 30.3 Å². The normalized spacial score (nSPS) is 23.9. The number of anilines is 2. The average molecular weight is 354 g/mol. The van der Waals surface area contributed by atoms with Gasteiger partial charge in [-0.25, -0.2) is 4.98 Å². The lowest BCUT2D eigenvalue weighted by Crippen LogP contribution is -2.42. The molecule has 0 radical (unpaired) electrons. The van der Waals surface area contributed by atoms with E-state index in [1.54, 1.807) is 0 Å². The number of aliphatic hydroxyl groups excluding tert-OH is 1. The third-order valence-electron chi connectivity index (χ3n) is 5.44. The van der Waals surface area contributed by atoms with Crippen molar-refractivity contribution in [3.05, 3.63) is 48.2 Å². The highest BCUT2D eigenvalue weighted by Crippen LogP contribution is 2.34. The largest absolute Gasteiger partial charge is 0.396 e. The van der Waals surface area contributed by atoms with Gasteiger partial charge >= 0.3 is 0 Å². The third kappa shape index (κ3) is 3.66. The van der Waals surface area contributed by atoms with Crippen molar-refractivity contribution in [3.63, 3.8) is 0 Å². The number of nitrogens with zero attached hydrogens (tertiary/aromatic N) is 4. The first kappa shape index (κ1) is 17.2. The second kappa shape index (κ2) is 8.01. The van der Waals surface area contributed by atoms with Crippen molar-refractivity contribution in [1.29, 1.82) is 0 Å². The maximum atomic E-state index is 9.96. The van der Waals surface area contributed by atoms with Gasteiger partial charge in [-0.3, -0.25) is 0 Å². The third-order valence-corrected chi connectivity index (χ3v) is 5.44. The summed E-state index contributed by atoms with van der Waals surface area (Å²) in [4.78, 5) is 13.7. The lowest BCUT2D eigenvalue weighted by Gasteiger charge is -2.38. The number of ether oxygens (including phenoxy) is 1. The molecular formula is C20H26N4O2. The van der Waals surface area contributed by atoms with Crippen molar-refractivity contribution < 1.29 is 9.84 Å². The van der Waals surface area contributed by atoms with E-state index in [1.165, 1.54) is 5.56 Å². The van der Waals surface area contributed by atoms with Gasteiger partial charge < -0.3 is 19.6 Å². The van der Waals surface area contributed by atoms with Crippen molar-refractivity contribution >= 4 is 11.8 Å². The molecule has 2 saturated heterocycles.